The lowest BCUT2D eigenvalue weighted by atomic mass is 9.99. The molecule has 1 aromatic rings. The summed E-state index contributed by atoms with van der Waals surface area (Å²) in [5, 5.41) is 5.86. The van der Waals surface area contributed by atoms with Crippen LogP contribution in [0.1, 0.15) is 52.0 Å². The number of nitrogens with one attached hydrogen (secondary N) is 2. The summed E-state index contributed by atoms with van der Waals surface area (Å²) in [6, 6.07) is 7.75. The van der Waals surface area contributed by atoms with E-state index in [2.05, 4.69) is 10.6 Å². The molecule has 0 heterocycles. The van der Waals surface area contributed by atoms with Crippen molar-refractivity contribution in [2.24, 2.45) is 5.92 Å². The van der Waals surface area contributed by atoms with Gasteiger partial charge in [0.1, 0.15) is 5.60 Å². The first-order chi connectivity index (χ1) is 11.2. The van der Waals surface area contributed by atoms with Gasteiger partial charge in [-0.25, -0.2) is 4.79 Å². The van der Waals surface area contributed by atoms with Crippen LogP contribution in [0.3, 0.4) is 0 Å². The molecule has 1 fully saturated rings. The van der Waals surface area contributed by atoms with Crippen LogP contribution in [0.5, 0.6) is 0 Å². The van der Waals surface area contributed by atoms with Gasteiger partial charge in [-0.1, -0.05) is 18.6 Å². The average Bonchev–Trinajstić information content (AvgIpc) is 2.83. The predicted octanol–water partition coefficient (Wildman–Crippen LogP) is 4.02. The van der Waals surface area contributed by atoms with E-state index in [1.165, 1.54) is 0 Å². The summed E-state index contributed by atoms with van der Waals surface area (Å²) in [6.45, 7) is 7.52. The normalized spacial score (nSPS) is 20.5. The molecule has 2 amide bonds. The molecular formula is C19H28N2O3. The van der Waals surface area contributed by atoms with Gasteiger partial charge in [0, 0.05) is 18.2 Å². The minimum Gasteiger partial charge on any atom is -0.444 e. The Morgan fingerprint density at radius 1 is 1.25 bits per heavy atom. The van der Waals surface area contributed by atoms with Gasteiger partial charge in [-0.05, 0) is 64.2 Å². The van der Waals surface area contributed by atoms with Crippen molar-refractivity contribution < 1.29 is 14.3 Å². The van der Waals surface area contributed by atoms with Crippen LogP contribution in [0.4, 0.5) is 10.5 Å². The van der Waals surface area contributed by atoms with E-state index >= 15 is 0 Å². The van der Waals surface area contributed by atoms with E-state index in [-0.39, 0.29) is 17.9 Å². The van der Waals surface area contributed by atoms with E-state index in [1.807, 2.05) is 52.0 Å². The van der Waals surface area contributed by atoms with E-state index in [0.29, 0.717) is 6.42 Å². The third kappa shape index (κ3) is 5.87. The zero-order chi connectivity index (χ0) is 17.7. The molecule has 0 saturated heterocycles. The van der Waals surface area contributed by atoms with Gasteiger partial charge in [0.15, 0.2) is 0 Å². The number of benzene rings is 1. The van der Waals surface area contributed by atoms with Gasteiger partial charge >= 0.3 is 6.09 Å². The minimum absolute atomic E-state index is 0.00288. The Balaban J connectivity index is 1.86. The maximum absolute atomic E-state index is 12.3. The Morgan fingerprint density at radius 3 is 2.67 bits per heavy atom. The Hall–Kier alpha value is -2.04. The molecule has 24 heavy (non-hydrogen) atoms. The van der Waals surface area contributed by atoms with E-state index in [0.717, 1.165) is 30.5 Å². The molecule has 0 bridgehead atoms. The zero-order valence-corrected chi connectivity index (χ0v) is 15.0. The number of carbonyl (C=O) groups is 2. The second-order valence-corrected chi connectivity index (χ2v) is 7.57. The van der Waals surface area contributed by atoms with Gasteiger partial charge in [-0.15, -0.1) is 0 Å². The molecule has 132 valence electrons. The Bertz CT molecular complexity index is 593. The number of alkyl carbamates (subject to hydrolysis) is 1. The highest BCUT2D eigenvalue weighted by atomic mass is 16.6. The summed E-state index contributed by atoms with van der Waals surface area (Å²) in [5.41, 5.74) is 1.41. The Kier molecular flexibility index (Phi) is 5.86. The molecule has 0 radical (unpaired) electrons. The SMILES string of the molecule is Cc1cccc(NC(=O)C[C@@H]2CCC[C@H]2NC(=O)OC(C)(C)C)c1. The molecule has 0 aliphatic heterocycles. The highest BCUT2D eigenvalue weighted by Gasteiger charge is 2.31. The van der Waals surface area contributed by atoms with E-state index in [4.69, 9.17) is 4.74 Å². The summed E-state index contributed by atoms with van der Waals surface area (Å²) in [6.07, 6.45) is 2.86. The van der Waals surface area contributed by atoms with Crippen molar-refractivity contribution in [1.29, 1.82) is 0 Å². The third-order valence-electron chi connectivity index (χ3n) is 4.11. The van der Waals surface area contributed by atoms with Crippen LogP contribution in [-0.2, 0) is 9.53 Å². The van der Waals surface area contributed by atoms with Crippen molar-refractivity contribution in [2.45, 2.75) is 65.0 Å². The smallest absolute Gasteiger partial charge is 0.407 e. The second kappa shape index (κ2) is 7.69. The topological polar surface area (TPSA) is 67.4 Å². The molecular weight excluding hydrogens is 304 g/mol. The number of carbonyl (C=O) groups excluding carboxylic acids is 2. The van der Waals surface area contributed by atoms with Crippen molar-refractivity contribution in [1.82, 2.24) is 5.32 Å². The lowest BCUT2D eigenvalue weighted by Crippen LogP contribution is -2.41. The third-order valence-corrected chi connectivity index (χ3v) is 4.11. The summed E-state index contributed by atoms with van der Waals surface area (Å²) in [7, 11) is 0. The van der Waals surface area contributed by atoms with Crippen LogP contribution in [0.25, 0.3) is 0 Å². The number of anilines is 1. The number of ether oxygens (including phenoxy) is 1. The molecule has 1 aliphatic carbocycles. The second-order valence-electron chi connectivity index (χ2n) is 7.57. The summed E-state index contributed by atoms with van der Waals surface area (Å²) >= 11 is 0. The first-order valence-corrected chi connectivity index (χ1v) is 8.59. The van der Waals surface area contributed by atoms with Crippen molar-refractivity contribution in [3.63, 3.8) is 0 Å². The monoisotopic (exact) mass is 332 g/mol. The lowest BCUT2D eigenvalue weighted by molar-refractivity contribution is -0.117. The average molecular weight is 332 g/mol. The molecule has 2 atom stereocenters. The van der Waals surface area contributed by atoms with Gasteiger partial charge in [-0.2, -0.15) is 0 Å². The molecule has 5 nitrogen and oxygen atoms in total. The van der Waals surface area contributed by atoms with E-state index < -0.39 is 11.7 Å². The summed E-state index contributed by atoms with van der Waals surface area (Å²) < 4.78 is 5.31. The maximum Gasteiger partial charge on any atom is 0.407 e. The van der Waals surface area contributed by atoms with Gasteiger partial charge in [0.25, 0.3) is 0 Å². The summed E-state index contributed by atoms with van der Waals surface area (Å²) in [4.78, 5) is 24.2. The number of hydrogen-bond donors (Lipinski definition) is 2. The first-order valence-electron chi connectivity index (χ1n) is 8.59. The van der Waals surface area contributed by atoms with Crippen LogP contribution in [0.15, 0.2) is 24.3 Å². The van der Waals surface area contributed by atoms with E-state index in [1.54, 1.807) is 0 Å². The van der Waals surface area contributed by atoms with Gasteiger partial charge < -0.3 is 15.4 Å². The van der Waals surface area contributed by atoms with Gasteiger partial charge in [0.2, 0.25) is 5.91 Å². The van der Waals surface area contributed by atoms with Crippen LogP contribution >= 0.6 is 0 Å². The molecule has 1 saturated carbocycles. The highest BCUT2D eigenvalue weighted by Crippen LogP contribution is 2.29. The lowest BCUT2D eigenvalue weighted by Gasteiger charge is -2.24. The van der Waals surface area contributed by atoms with Crippen molar-refractivity contribution in [3.05, 3.63) is 29.8 Å². The van der Waals surface area contributed by atoms with Crippen LogP contribution in [0.2, 0.25) is 0 Å². The van der Waals surface area contributed by atoms with Crippen LogP contribution in [-0.4, -0.2) is 23.6 Å². The Morgan fingerprint density at radius 2 is 2.00 bits per heavy atom. The fourth-order valence-corrected chi connectivity index (χ4v) is 3.10. The van der Waals surface area contributed by atoms with Crippen molar-refractivity contribution in [2.75, 3.05) is 5.32 Å². The van der Waals surface area contributed by atoms with E-state index in [9.17, 15) is 9.59 Å². The molecule has 0 aromatic heterocycles. The molecule has 0 spiro atoms. The van der Waals surface area contributed by atoms with Crippen molar-refractivity contribution in [3.8, 4) is 0 Å². The largest absolute Gasteiger partial charge is 0.444 e. The zero-order valence-electron chi connectivity index (χ0n) is 15.0. The summed E-state index contributed by atoms with van der Waals surface area (Å²) in [5.74, 6) is 0.144. The molecule has 2 rings (SSSR count). The highest BCUT2D eigenvalue weighted by molar-refractivity contribution is 5.91. The van der Waals surface area contributed by atoms with Gasteiger partial charge in [-0.3, -0.25) is 4.79 Å². The number of hydrogen-bond acceptors (Lipinski definition) is 3. The molecule has 1 aliphatic rings. The van der Waals surface area contributed by atoms with Crippen molar-refractivity contribution >= 4 is 17.7 Å². The van der Waals surface area contributed by atoms with Crippen LogP contribution in [0, 0.1) is 12.8 Å². The molecule has 5 heteroatoms. The fraction of sp³-hybridized carbons (Fsp3) is 0.579. The number of amides is 2. The maximum atomic E-state index is 12.3. The first kappa shape index (κ1) is 18.3. The number of rotatable bonds is 4. The van der Waals surface area contributed by atoms with Crippen LogP contribution < -0.4 is 10.6 Å². The minimum atomic E-state index is -0.513. The molecule has 1 aromatic carbocycles. The fourth-order valence-electron chi connectivity index (χ4n) is 3.10. The quantitative estimate of drug-likeness (QED) is 0.875. The molecule has 2 N–H and O–H groups in total. The molecule has 0 unspecified atom stereocenters. The Labute approximate surface area is 144 Å². The standard InChI is InChI=1S/C19H28N2O3/c1-13-7-5-9-15(11-13)20-17(22)12-14-8-6-10-16(14)21-18(23)24-19(2,3)4/h5,7,9,11,14,16H,6,8,10,12H2,1-4H3,(H,20,22)(H,21,23)/t14-,16+/m0/s1. The predicted molar refractivity (Wildman–Crippen MR) is 94.9 cm³/mol. The number of aryl methyl sites for hydroxylation is 1. The van der Waals surface area contributed by atoms with Gasteiger partial charge in [0.05, 0.1) is 0 Å².